The number of hydrogen-bond donors (Lipinski definition) is 1. The number of pyridine rings is 1. The molecule has 0 aliphatic carbocycles. The summed E-state index contributed by atoms with van der Waals surface area (Å²) in [6.45, 7) is -2.64. The first-order valence-corrected chi connectivity index (χ1v) is 10.9. The van der Waals surface area contributed by atoms with E-state index in [1.165, 1.54) is 25.3 Å². The second-order valence-electron chi connectivity index (χ2n) is 6.65. The number of aromatic nitrogens is 3. The van der Waals surface area contributed by atoms with Crippen LogP contribution in [0.25, 0.3) is 11.0 Å². The Balaban J connectivity index is 1.56. The number of halogens is 2. The van der Waals surface area contributed by atoms with Crippen molar-refractivity contribution in [2.24, 2.45) is 0 Å². The van der Waals surface area contributed by atoms with Gasteiger partial charge in [-0.1, -0.05) is 30.3 Å². The van der Waals surface area contributed by atoms with Crippen molar-refractivity contribution in [3.8, 4) is 17.2 Å². The molecule has 0 radical (unpaired) electrons. The fraction of sp³-hybridized carbons (Fsp3) is 0.182. The van der Waals surface area contributed by atoms with E-state index in [2.05, 4.69) is 19.7 Å². The zero-order valence-corrected chi connectivity index (χ0v) is 17.8. The van der Waals surface area contributed by atoms with Crippen molar-refractivity contribution in [1.82, 2.24) is 15.0 Å². The Bertz CT molecular complexity index is 1230. The topological polar surface area (TPSA) is 86.3 Å². The van der Waals surface area contributed by atoms with Crippen LogP contribution in [0.4, 0.5) is 8.78 Å². The average molecular weight is 459 g/mol. The second-order valence-corrected chi connectivity index (χ2v) is 8.02. The third-order valence-corrected chi connectivity index (χ3v) is 5.69. The van der Waals surface area contributed by atoms with E-state index in [1.807, 2.05) is 30.3 Å². The Morgan fingerprint density at radius 3 is 2.69 bits per heavy atom. The van der Waals surface area contributed by atoms with E-state index >= 15 is 0 Å². The Kier molecular flexibility index (Phi) is 6.60. The van der Waals surface area contributed by atoms with Crippen molar-refractivity contribution < 1.29 is 27.2 Å². The third-order valence-electron chi connectivity index (χ3n) is 4.53. The predicted octanol–water partition coefficient (Wildman–Crippen LogP) is 4.45. The first-order chi connectivity index (χ1) is 15.5. The van der Waals surface area contributed by atoms with Crippen LogP contribution in [0, 0.1) is 0 Å². The Hall–Kier alpha value is -3.53. The van der Waals surface area contributed by atoms with Gasteiger partial charge >= 0.3 is 6.61 Å². The highest BCUT2D eigenvalue weighted by Gasteiger charge is 2.18. The van der Waals surface area contributed by atoms with Gasteiger partial charge in [-0.15, -0.1) is 0 Å². The average Bonchev–Trinajstić information content (AvgIpc) is 3.22. The molecule has 4 rings (SSSR count). The summed E-state index contributed by atoms with van der Waals surface area (Å²) in [6, 6.07) is 15.5. The van der Waals surface area contributed by atoms with Crippen LogP contribution in [-0.4, -0.2) is 32.9 Å². The number of methoxy groups -OCH3 is 1. The number of nitrogens with one attached hydrogen (secondary N) is 1. The molecule has 0 spiro atoms. The lowest BCUT2D eigenvalue weighted by Crippen LogP contribution is -2.06. The summed E-state index contributed by atoms with van der Waals surface area (Å²) in [4.78, 5) is 11.5. The van der Waals surface area contributed by atoms with Crippen LogP contribution in [0.1, 0.15) is 11.3 Å². The Morgan fingerprint density at radius 1 is 1.12 bits per heavy atom. The number of fused-ring (bicyclic) bond motifs is 1. The maximum absolute atomic E-state index is 13.0. The van der Waals surface area contributed by atoms with Crippen molar-refractivity contribution in [1.29, 1.82) is 0 Å². The molecule has 0 amide bonds. The first kappa shape index (κ1) is 21.7. The van der Waals surface area contributed by atoms with Crippen LogP contribution < -0.4 is 14.2 Å². The van der Waals surface area contributed by atoms with E-state index in [9.17, 15) is 13.0 Å². The highest BCUT2D eigenvalue weighted by atomic mass is 32.2. The molecule has 1 N–H and O–H groups in total. The molecule has 10 heteroatoms. The first-order valence-electron chi connectivity index (χ1n) is 9.55. The molecule has 0 bridgehead atoms. The largest absolute Gasteiger partial charge is 0.493 e. The quantitative estimate of drug-likeness (QED) is 0.398. The van der Waals surface area contributed by atoms with Crippen molar-refractivity contribution in [2.75, 3.05) is 7.11 Å². The molecular weight excluding hydrogens is 440 g/mol. The summed E-state index contributed by atoms with van der Waals surface area (Å²) in [5, 5.41) is 0.188. The zero-order valence-electron chi connectivity index (χ0n) is 17.0. The van der Waals surface area contributed by atoms with E-state index in [0.717, 1.165) is 5.56 Å². The van der Waals surface area contributed by atoms with Gasteiger partial charge < -0.3 is 19.2 Å². The molecule has 0 aliphatic rings. The molecule has 32 heavy (non-hydrogen) atoms. The van der Waals surface area contributed by atoms with Gasteiger partial charge in [0.1, 0.15) is 12.4 Å². The highest BCUT2D eigenvalue weighted by Crippen LogP contribution is 2.32. The summed E-state index contributed by atoms with van der Waals surface area (Å²) in [5.74, 6) is 0.874. The number of alkyl halides is 2. The van der Waals surface area contributed by atoms with Gasteiger partial charge in [0, 0.05) is 18.3 Å². The van der Waals surface area contributed by atoms with Crippen molar-refractivity contribution >= 4 is 21.8 Å². The zero-order chi connectivity index (χ0) is 22.5. The Morgan fingerprint density at radius 2 is 1.94 bits per heavy atom. The maximum Gasteiger partial charge on any atom is 0.387 e. The standard InChI is InChI=1S/C22H19F2N3O4S/c1-29-19-9-10-25-18(20(19)30-12-14-5-3-2-4-6-14)13-32(28)22-26-16-8-7-15(31-21(23)24)11-17(16)27-22/h2-11,21H,12-13H2,1H3,(H,26,27). The SMILES string of the molecule is COc1ccnc(CS(=O)c2nc3ccc(OC(F)F)cc3[nH]2)c1OCc1ccccc1. The summed E-state index contributed by atoms with van der Waals surface area (Å²) < 4.78 is 53.6. The normalized spacial score (nSPS) is 12.1. The van der Waals surface area contributed by atoms with E-state index in [0.29, 0.717) is 34.8 Å². The molecule has 4 aromatic rings. The van der Waals surface area contributed by atoms with Gasteiger partial charge in [-0.05, 0) is 17.7 Å². The molecule has 0 saturated heterocycles. The lowest BCUT2D eigenvalue weighted by Gasteiger charge is -2.14. The van der Waals surface area contributed by atoms with Gasteiger partial charge in [-0.25, -0.2) is 4.98 Å². The third kappa shape index (κ3) is 5.02. The Labute approximate surface area is 184 Å². The van der Waals surface area contributed by atoms with Crippen LogP contribution in [0.15, 0.2) is 66.0 Å². The van der Waals surface area contributed by atoms with Gasteiger partial charge in [-0.3, -0.25) is 9.19 Å². The number of rotatable bonds is 9. The lowest BCUT2D eigenvalue weighted by atomic mass is 10.2. The lowest BCUT2D eigenvalue weighted by molar-refractivity contribution is -0.0497. The summed E-state index contributed by atoms with van der Waals surface area (Å²) in [5.41, 5.74) is 2.32. The molecule has 0 aliphatic heterocycles. The minimum Gasteiger partial charge on any atom is -0.493 e. The molecule has 166 valence electrons. The van der Waals surface area contributed by atoms with Gasteiger partial charge in [0.25, 0.3) is 0 Å². The fourth-order valence-electron chi connectivity index (χ4n) is 3.06. The number of H-pyrrole nitrogens is 1. The van der Waals surface area contributed by atoms with E-state index in [4.69, 9.17) is 9.47 Å². The minimum atomic E-state index is -2.93. The molecular formula is C22H19F2N3O4S. The molecule has 0 fully saturated rings. The maximum atomic E-state index is 13.0. The molecule has 2 aromatic carbocycles. The smallest absolute Gasteiger partial charge is 0.387 e. The van der Waals surface area contributed by atoms with Crippen LogP contribution >= 0.6 is 0 Å². The van der Waals surface area contributed by atoms with Crippen molar-refractivity contribution in [2.45, 2.75) is 24.1 Å². The van der Waals surface area contributed by atoms with E-state index < -0.39 is 17.4 Å². The van der Waals surface area contributed by atoms with Crippen LogP contribution in [0.3, 0.4) is 0 Å². The number of aromatic amines is 1. The molecule has 7 nitrogen and oxygen atoms in total. The summed E-state index contributed by atoms with van der Waals surface area (Å²) in [6.07, 6.45) is 1.55. The number of ether oxygens (including phenoxy) is 3. The minimum absolute atomic E-state index is 0.0143. The monoisotopic (exact) mass is 459 g/mol. The van der Waals surface area contributed by atoms with Crippen LogP contribution in [-0.2, 0) is 23.2 Å². The van der Waals surface area contributed by atoms with Gasteiger partial charge in [0.2, 0.25) is 0 Å². The van der Waals surface area contributed by atoms with Gasteiger partial charge in [0.05, 0.1) is 40.4 Å². The molecule has 1 atom stereocenters. The highest BCUT2D eigenvalue weighted by molar-refractivity contribution is 7.84. The fourth-order valence-corrected chi connectivity index (χ4v) is 4.08. The van der Waals surface area contributed by atoms with Crippen LogP contribution in [0.2, 0.25) is 0 Å². The van der Waals surface area contributed by atoms with Gasteiger partial charge in [-0.2, -0.15) is 8.78 Å². The van der Waals surface area contributed by atoms with Crippen LogP contribution in [0.5, 0.6) is 17.2 Å². The summed E-state index contributed by atoms with van der Waals surface area (Å²) in [7, 11) is -0.0891. The number of nitrogens with zero attached hydrogens (tertiary/aromatic N) is 2. The molecule has 2 aromatic heterocycles. The molecule has 2 heterocycles. The number of benzene rings is 2. The van der Waals surface area contributed by atoms with Gasteiger partial charge in [0.15, 0.2) is 16.7 Å². The van der Waals surface area contributed by atoms with Crippen molar-refractivity contribution in [3.63, 3.8) is 0 Å². The van der Waals surface area contributed by atoms with E-state index in [-0.39, 0.29) is 16.7 Å². The summed E-state index contributed by atoms with van der Waals surface area (Å²) >= 11 is 0. The second kappa shape index (κ2) is 9.73. The van der Waals surface area contributed by atoms with Crippen molar-refractivity contribution in [3.05, 3.63) is 72.1 Å². The number of imidazole rings is 1. The predicted molar refractivity (Wildman–Crippen MR) is 114 cm³/mol. The molecule has 1 unspecified atom stereocenters. The number of hydrogen-bond acceptors (Lipinski definition) is 6. The van der Waals surface area contributed by atoms with E-state index in [1.54, 1.807) is 12.3 Å². The molecule has 0 saturated carbocycles.